The molecule has 0 aliphatic rings. The lowest BCUT2D eigenvalue weighted by Crippen LogP contribution is -2.21. The van der Waals surface area contributed by atoms with Crippen LogP contribution in [0.4, 0.5) is 0 Å². The van der Waals surface area contributed by atoms with Crippen LogP contribution in [0.1, 0.15) is 44.1 Å². The molecule has 19 heavy (non-hydrogen) atoms. The number of amides is 1. The van der Waals surface area contributed by atoms with Crippen molar-refractivity contribution in [2.75, 3.05) is 0 Å². The molecule has 0 saturated carbocycles. The maximum absolute atomic E-state index is 12.1. The minimum absolute atomic E-state index is 0.00828. The topological polar surface area (TPSA) is 42.2 Å². The monoisotopic (exact) mass is 277 g/mol. The zero-order valence-electron chi connectivity index (χ0n) is 11.8. The third kappa shape index (κ3) is 3.07. The second kappa shape index (κ2) is 5.61. The number of hydrogen-bond donors (Lipinski definition) is 1. The van der Waals surface area contributed by atoms with Gasteiger partial charge in [-0.25, -0.2) is 0 Å². The van der Waals surface area contributed by atoms with Gasteiger partial charge in [0.15, 0.2) is 0 Å². The molecule has 0 atom stereocenters. The molecular weight excluding hydrogens is 258 g/mol. The lowest BCUT2D eigenvalue weighted by Gasteiger charge is -2.02. The summed E-state index contributed by atoms with van der Waals surface area (Å²) in [6.07, 6.45) is 0.976. The van der Waals surface area contributed by atoms with Gasteiger partial charge in [-0.15, -0.1) is 11.3 Å². The first-order valence-corrected chi connectivity index (χ1v) is 7.26. The summed E-state index contributed by atoms with van der Waals surface area (Å²) in [5, 5.41) is 2.95. The highest BCUT2D eigenvalue weighted by atomic mass is 32.1. The zero-order chi connectivity index (χ0) is 14.0. The molecule has 2 aromatic rings. The average Bonchev–Trinajstić information content (AvgIpc) is 2.89. The van der Waals surface area contributed by atoms with Gasteiger partial charge in [0.1, 0.15) is 11.5 Å². The molecule has 102 valence electrons. The van der Waals surface area contributed by atoms with Crippen molar-refractivity contribution in [2.45, 2.75) is 40.7 Å². The number of aryl methyl sites for hydroxylation is 4. The van der Waals surface area contributed by atoms with E-state index in [-0.39, 0.29) is 5.91 Å². The molecule has 0 radical (unpaired) electrons. The number of hydrogen-bond acceptors (Lipinski definition) is 3. The Hall–Kier alpha value is -1.55. The van der Waals surface area contributed by atoms with Crippen molar-refractivity contribution < 1.29 is 9.21 Å². The van der Waals surface area contributed by atoms with E-state index in [1.165, 1.54) is 10.4 Å². The summed E-state index contributed by atoms with van der Waals surface area (Å²) in [4.78, 5) is 14.1. The van der Waals surface area contributed by atoms with E-state index in [0.717, 1.165) is 28.4 Å². The largest absolute Gasteiger partial charge is 0.466 e. The van der Waals surface area contributed by atoms with Gasteiger partial charge in [0.05, 0.1) is 4.88 Å². The summed E-state index contributed by atoms with van der Waals surface area (Å²) >= 11 is 1.58. The van der Waals surface area contributed by atoms with Crippen molar-refractivity contribution in [3.8, 4) is 0 Å². The van der Waals surface area contributed by atoms with E-state index in [1.807, 2.05) is 26.0 Å². The molecule has 0 aromatic carbocycles. The van der Waals surface area contributed by atoms with Crippen molar-refractivity contribution in [1.29, 1.82) is 0 Å². The van der Waals surface area contributed by atoms with Crippen LogP contribution in [0.25, 0.3) is 0 Å². The first kappa shape index (κ1) is 13.9. The fourth-order valence-electron chi connectivity index (χ4n) is 2.10. The number of carbonyl (C=O) groups is 1. The first-order valence-electron chi connectivity index (χ1n) is 6.44. The van der Waals surface area contributed by atoms with E-state index in [9.17, 15) is 4.79 Å². The Morgan fingerprint density at radius 2 is 2.05 bits per heavy atom. The predicted molar refractivity (Wildman–Crippen MR) is 77.8 cm³/mol. The van der Waals surface area contributed by atoms with Gasteiger partial charge >= 0.3 is 0 Å². The van der Waals surface area contributed by atoms with Crippen LogP contribution in [0.3, 0.4) is 0 Å². The molecule has 2 rings (SSSR count). The smallest absolute Gasteiger partial charge is 0.261 e. The van der Waals surface area contributed by atoms with Crippen LogP contribution in [-0.2, 0) is 13.0 Å². The minimum atomic E-state index is -0.00828. The second-order valence-corrected chi connectivity index (χ2v) is 5.83. The highest BCUT2D eigenvalue weighted by Crippen LogP contribution is 2.22. The SMILES string of the molecule is CCc1sc(C(=O)NCc2cc(C)oc2C)cc1C. The predicted octanol–water partition coefficient (Wildman–Crippen LogP) is 3.76. The van der Waals surface area contributed by atoms with Crippen molar-refractivity contribution >= 4 is 17.2 Å². The Bertz CT molecular complexity index is 595. The standard InChI is InChI=1S/C15H19NO2S/c1-5-13-9(2)6-14(19-13)15(17)16-8-12-7-10(3)18-11(12)4/h6-7H,5,8H2,1-4H3,(H,16,17). The molecule has 0 spiro atoms. The van der Waals surface area contributed by atoms with E-state index >= 15 is 0 Å². The van der Waals surface area contributed by atoms with E-state index in [4.69, 9.17) is 4.42 Å². The van der Waals surface area contributed by atoms with Gasteiger partial charge in [-0.1, -0.05) is 6.92 Å². The molecule has 4 heteroatoms. The highest BCUT2D eigenvalue weighted by molar-refractivity contribution is 7.14. The van der Waals surface area contributed by atoms with Gasteiger partial charge in [-0.3, -0.25) is 4.79 Å². The molecule has 1 N–H and O–H groups in total. The maximum atomic E-state index is 12.1. The van der Waals surface area contributed by atoms with Crippen molar-refractivity contribution in [1.82, 2.24) is 5.32 Å². The highest BCUT2D eigenvalue weighted by Gasteiger charge is 2.12. The molecule has 0 unspecified atom stereocenters. The van der Waals surface area contributed by atoms with E-state index < -0.39 is 0 Å². The Morgan fingerprint density at radius 3 is 2.58 bits per heavy atom. The van der Waals surface area contributed by atoms with E-state index in [0.29, 0.717) is 6.54 Å². The summed E-state index contributed by atoms with van der Waals surface area (Å²) < 4.78 is 5.44. The summed E-state index contributed by atoms with van der Waals surface area (Å²) in [7, 11) is 0. The molecule has 2 aromatic heterocycles. The fraction of sp³-hybridized carbons (Fsp3) is 0.400. The average molecular weight is 277 g/mol. The van der Waals surface area contributed by atoms with Gasteiger partial charge in [0.25, 0.3) is 5.91 Å². The Balaban J connectivity index is 2.03. The lowest BCUT2D eigenvalue weighted by atomic mass is 10.2. The number of carbonyl (C=O) groups excluding carboxylic acids is 1. The van der Waals surface area contributed by atoms with E-state index in [2.05, 4.69) is 19.2 Å². The maximum Gasteiger partial charge on any atom is 0.261 e. The summed E-state index contributed by atoms with van der Waals surface area (Å²) in [5.41, 5.74) is 2.24. The molecule has 2 heterocycles. The van der Waals surface area contributed by atoms with Crippen LogP contribution in [-0.4, -0.2) is 5.91 Å². The van der Waals surface area contributed by atoms with Gasteiger partial charge in [0, 0.05) is 17.0 Å². The quantitative estimate of drug-likeness (QED) is 0.924. The van der Waals surface area contributed by atoms with Crippen LogP contribution in [0.5, 0.6) is 0 Å². The Kier molecular flexibility index (Phi) is 4.10. The van der Waals surface area contributed by atoms with Crippen LogP contribution < -0.4 is 5.32 Å². The van der Waals surface area contributed by atoms with E-state index in [1.54, 1.807) is 11.3 Å². The normalized spacial score (nSPS) is 10.7. The second-order valence-electron chi connectivity index (χ2n) is 4.69. The molecule has 0 aliphatic heterocycles. The fourth-order valence-corrected chi connectivity index (χ4v) is 3.13. The van der Waals surface area contributed by atoms with Crippen LogP contribution in [0.2, 0.25) is 0 Å². The molecule has 0 fully saturated rings. The number of nitrogens with one attached hydrogen (secondary N) is 1. The summed E-state index contributed by atoms with van der Waals surface area (Å²) in [6, 6.07) is 3.93. The molecule has 0 aliphatic carbocycles. The molecule has 0 bridgehead atoms. The summed E-state index contributed by atoms with van der Waals surface area (Å²) in [6.45, 7) is 8.50. The Labute approximate surface area is 117 Å². The molecule has 1 amide bonds. The van der Waals surface area contributed by atoms with Crippen molar-refractivity contribution in [3.05, 3.63) is 44.5 Å². The van der Waals surface area contributed by atoms with Crippen molar-refractivity contribution in [3.63, 3.8) is 0 Å². The van der Waals surface area contributed by atoms with Crippen LogP contribution in [0, 0.1) is 20.8 Å². The minimum Gasteiger partial charge on any atom is -0.466 e. The molecule has 3 nitrogen and oxygen atoms in total. The number of furan rings is 1. The van der Waals surface area contributed by atoms with Crippen LogP contribution >= 0.6 is 11.3 Å². The van der Waals surface area contributed by atoms with Gasteiger partial charge in [0.2, 0.25) is 0 Å². The van der Waals surface area contributed by atoms with Gasteiger partial charge < -0.3 is 9.73 Å². The Morgan fingerprint density at radius 1 is 1.32 bits per heavy atom. The number of thiophene rings is 1. The van der Waals surface area contributed by atoms with Gasteiger partial charge in [-0.05, 0) is 44.9 Å². The molecular formula is C15H19NO2S. The van der Waals surface area contributed by atoms with Gasteiger partial charge in [-0.2, -0.15) is 0 Å². The lowest BCUT2D eigenvalue weighted by molar-refractivity contribution is 0.0955. The zero-order valence-corrected chi connectivity index (χ0v) is 12.6. The molecule has 0 saturated heterocycles. The van der Waals surface area contributed by atoms with Crippen molar-refractivity contribution in [2.24, 2.45) is 0 Å². The number of rotatable bonds is 4. The van der Waals surface area contributed by atoms with Crippen LogP contribution in [0.15, 0.2) is 16.5 Å². The third-order valence-electron chi connectivity index (χ3n) is 3.15. The first-order chi connectivity index (χ1) is 9.01. The summed E-state index contributed by atoms with van der Waals surface area (Å²) in [5.74, 6) is 1.74. The third-order valence-corrected chi connectivity index (χ3v) is 4.53.